The number of aromatic nitrogens is 1. The van der Waals surface area contributed by atoms with Gasteiger partial charge < -0.3 is 5.32 Å². The molecule has 4 rings (SSSR count). The summed E-state index contributed by atoms with van der Waals surface area (Å²) in [6.45, 7) is 2.14. The molecule has 0 saturated heterocycles. The molecule has 1 amide bonds. The van der Waals surface area contributed by atoms with Gasteiger partial charge in [0, 0.05) is 17.0 Å². The minimum Gasteiger partial charge on any atom is -0.353 e. The van der Waals surface area contributed by atoms with Crippen LogP contribution in [0.5, 0.6) is 0 Å². The monoisotopic (exact) mass is 358 g/mol. The fourth-order valence-electron chi connectivity index (χ4n) is 4.63. The molecule has 4 atom stereocenters. The first-order chi connectivity index (χ1) is 12.1. The second-order valence-electron chi connectivity index (χ2n) is 7.53. The standard InChI is InChI=1S/C20H23FN2OS/c1-12(18-8-13-5-6-14(18)7-13)22-19(24)10-17-11-25-20(23-17)15-3-2-4-16(21)9-15/h2-4,9,11-14,18H,5-8,10H2,1H3,(H,22,24)/t12-,13+,14+,18-/m1/s1. The second-order valence-corrected chi connectivity index (χ2v) is 8.38. The molecule has 0 aliphatic heterocycles. The first-order valence-corrected chi connectivity index (χ1v) is 9.96. The van der Waals surface area contributed by atoms with E-state index in [1.54, 1.807) is 6.07 Å². The van der Waals surface area contributed by atoms with Gasteiger partial charge in [-0.1, -0.05) is 18.6 Å². The highest BCUT2D eigenvalue weighted by molar-refractivity contribution is 7.13. The predicted octanol–water partition coefficient (Wildman–Crippen LogP) is 4.43. The zero-order valence-electron chi connectivity index (χ0n) is 14.4. The average Bonchev–Trinajstić information content (AvgIpc) is 3.31. The van der Waals surface area contributed by atoms with Crippen molar-refractivity contribution in [3.63, 3.8) is 0 Å². The number of benzene rings is 1. The van der Waals surface area contributed by atoms with Gasteiger partial charge in [0.1, 0.15) is 10.8 Å². The molecule has 132 valence electrons. The molecule has 2 saturated carbocycles. The summed E-state index contributed by atoms with van der Waals surface area (Å²) in [5.41, 5.74) is 1.51. The van der Waals surface area contributed by atoms with Gasteiger partial charge in [-0.25, -0.2) is 9.37 Å². The van der Waals surface area contributed by atoms with Crippen LogP contribution in [0, 0.1) is 23.6 Å². The summed E-state index contributed by atoms with van der Waals surface area (Å²) in [5, 5.41) is 5.82. The second kappa shape index (κ2) is 6.87. The summed E-state index contributed by atoms with van der Waals surface area (Å²) < 4.78 is 13.3. The average molecular weight is 358 g/mol. The lowest BCUT2D eigenvalue weighted by Crippen LogP contribution is -2.40. The smallest absolute Gasteiger partial charge is 0.226 e. The number of carbonyl (C=O) groups excluding carboxylic acids is 1. The number of hydrogen-bond acceptors (Lipinski definition) is 3. The van der Waals surface area contributed by atoms with Crippen molar-refractivity contribution in [3.05, 3.63) is 41.2 Å². The zero-order chi connectivity index (χ0) is 17.4. The van der Waals surface area contributed by atoms with Crippen molar-refractivity contribution in [1.82, 2.24) is 10.3 Å². The molecule has 1 N–H and O–H groups in total. The number of fused-ring (bicyclic) bond motifs is 2. The topological polar surface area (TPSA) is 42.0 Å². The number of nitrogens with one attached hydrogen (secondary N) is 1. The summed E-state index contributed by atoms with van der Waals surface area (Å²) in [7, 11) is 0. The van der Waals surface area contributed by atoms with Gasteiger partial charge in [0.2, 0.25) is 5.91 Å². The van der Waals surface area contributed by atoms with E-state index in [0.29, 0.717) is 5.92 Å². The molecule has 3 nitrogen and oxygen atoms in total. The van der Waals surface area contributed by atoms with Crippen LogP contribution in [-0.4, -0.2) is 16.9 Å². The molecule has 2 aliphatic carbocycles. The van der Waals surface area contributed by atoms with E-state index >= 15 is 0 Å². The van der Waals surface area contributed by atoms with E-state index < -0.39 is 0 Å². The molecule has 0 spiro atoms. The van der Waals surface area contributed by atoms with Crippen LogP contribution in [0.2, 0.25) is 0 Å². The molecule has 5 heteroatoms. The van der Waals surface area contributed by atoms with Gasteiger partial charge in [-0.3, -0.25) is 4.79 Å². The third kappa shape index (κ3) is 3.61. The third-order valence-electron chi connectivity index (χ3n) is 5.79. The third-order valence-corrected chi connectivity index (χ3v) is 6.73. The number of hydrogen-bond donors (Lipinski definition) is 1. The van der Waals surface area contributed by atoms with Crippen LogP contribution in [0.25, 0.3) is 10.6 Å². The van der Waals surface area contributed by atoms with E-state index in [1.807, 2.05) is 11.4 Å². The molecule has 1 heterocycles. The Morgan fingerprint density at radius 2 is 2.28 bits per heavy atom. The van der Waals surface area contributed by atoms with Crippen LogP contribution in [0.1, 0.15) is 38.3 Å². The fraction of sp³-hybridized carbons (Fsp3) is 0.500. The Kier molecular flexibility index (Phi) is 4.59. The summed E-state index contributed by atoms with van der Waals surface area (Å²) >= 11 is 1.45. The molecule has 2 aromatic rings. The molecule has 1 aromatic heterocycles. The van der Waals surface area contributed by atoms with Crippen molar-refractivity contribution >= 4 is 17.2 Å². The van der Waals surface area contributed by atoms with Crippen molar-refractivity contribution in [3.8, 4) is 10.6 Å². The van der Waals surface area contributed by atoms with E-state index in [2.05, 4.69) is 17.2 Å². The minimum absolute atomic E-state index is 0.0337. The maximum Gasteiger partial charge on any atom is 0.226 e. The molecule has 0 radical (unpaired) electrons. The van der Waals surface area contributed by atoms with Crippen molar-refractivity contribution < 1.29 is 9.18 Å². The van der Waals surface area contributed by atoms with Gasteiger partial charge in [0.05, 0.1) is 12.1 Å². The number of nitrogens with zero attached hydrogens (tertiary/aromatic N) is 1. The summed E-state index contributed by atoms with van der Waals surface area (Å²) in [6.07, 6.45) is 5.62. The number of rotatable bonds is 5. The van der Waals surface area contributed by atoms with Crippen molar-refractivity contribution in [1.29, 1.82) is 0 Å². The molecule has 1 aromatic carbocycles. The lowest BCUT2D eigenvalue weighted by Gasteiger charge is -2.28. The van der Waals surface area contributed by atoms with Gasteiger partial charge in [0.15, 0.2) is 0 Å². The van der Waals surface area contributed by atoms with Crippen LogP contribution >= 0.6 is 11.3 Å². The maximum atomic E-state index is 13.3. The first kappa shape index (κ1) is 16.7. The van der Waals surface area contributed by atoms with Gasteiger partial charge in [0.25, 0.3) is 0 Å². The highest BCUT2D eigenvalue weighted by Gasteiger charge is 2.42. The van der Waals surface area contributed by atoms with Crippen LogP contribution < -0.4 is 5.32 Å². The van der Waals surface area contributed by atoms with E-state index in [9.17, 15) is 9.18 Å². The van der Waals surface area contributed by atoms with Crippen LogP contribution in [-0.2, 0) is 11.2 Å². The normalized spacial score (nSPS) is 25.9. The molecular formula is C20H23FN2OS. The van der Waals surface area contributed by atoms with Crippen LogP contribution in [0.4, 0.5) is 4.39 Å². The Morgan fingerprint density at radius 1 is 1.40 bits per heavy atom. The quantitative estimate of drug-likeness (QED) is 0.859. The molecule has 25 heavy (non-hydrogen) atoms. The summed E-state index contributed by atoms with van der Waals surface area (Å²) in [6, 6.07) is 6.64. The van der Waals surface area contributed by atoms with Gasteiger partial charge in [-0.2, -0.15) is 0 Å². The predicted molar refractivity (Wildman–Crippen MR) is 97.8 cm³/mol. The number of amides is 1. The van der Waals surface area contributed by atoms with E-state index in [4.69, 9.17) is 0 Å². The lowest BCUT2D eigenvalue weighted by molar-refractivity contribution is -0.121. The highest BCUT2D eigenvalue weighted by Crippen LogP contribution is 2.49. The van der Waals surface area contributed by atoms with E-state index in [1.165, 1.54) is 49.2 Å². The molecule has 2 aliphatic rings. The van der Waals surface area contributed by atoms with Crippen LogP contribution in [0.15, 0.2) is 29.6 Å². The minimum atomic E-state index is -0.272. The Hall–Kier alpha value is -1.75. The maximum absolute atomic E-state index is 13.3. The van der Waals surface area contributed by atoms with Crippen molar-refractivity contribution in [2.75, 3.05) is 0 Å². The summed E-state index contributed by atoms with van der Waals surface area (Å²) in [4.78, 5) is 16.9. The Balaban J connectivity index is 1.35. The largest absolute Gasteiger partial charge is 0.353 e. The van der Waals surface area contributed by atoms with Crippen LogP contribution in [0.3, 0.4) is 0 Å². The number of thiazole rings is 1. The van der Waals surface area contributed by atoms with Crippen molar-refractivity contribution in [2.45, 2.75) is 45.1 Å². The first-order valence-electron chi connectivity index (χ1n) is 9.08. The highest BCUT2D eigenvalue weighted by atomic mass is 32.1. The van der Waals surface area contributed by atoms with E-state index in [-0.39, 0.29) is 24.2 Å². The van der Waals surface area contributed by atoms with E-state index in [0.717, 1.165) is 28.1 Å². The number of carbonyl (C=O) groups is 1. The molecule has 2 fully saturated rings. The molecular weight excluding hydrogens is 335 g/mol. The SMILES string of the molecule is C[C@@H](NC(=O)Cc1csc(-c2cccc(F)c2)n1)[C@H]1C[C@H]2CC[C@H]1C2. The van der Waals surface area contributed by atoms with Gasteiger partial charge in [-0.15, -0.1) is 11.3 Å². The van der Waals surface area contributed by atoms with Gasteiger partial charge >= 0.3 is 0 Å². The van der Waals surface area contributed by atoms with Gasteiger partial charge in [-0.05, 0) is 56.1 Å². The zero-order valence-corrected chi connectivity index (χ0v) is 15.2. The Bertz CT molecular complexity index is 775. The lowest BCUT2D eigenvalue weighted by atomic mass is 9.84. The Labute approximate surface area is 151 Å². The molecule has 2 bridgehead atoms. The van der Waals surface area contributed by atoms with Crippen molar-refractivity contribution in [2.24, 2.45) is 17.8 Å². The Morgan fingerprint density at radius 3 is 3.00 bits per heavy atom. The molecule has 0 unspecified atom stereocenters. The fourth-order valence-corrected chi connectivity index (χ4v) is 5.44. The number of halogens is 1. The summed E-state index contributed by atoms with van der Waals surface area (Å²) in [5.74, 6) is 2.10.